The zero-order chi connectivity index (χ0) is 10.7. The maximum Gasteiger partial charge on any atom is 0.360 e. The Hall–Kier alpha value is -1.52. The molecule has 0 aliphatic heterocycles. The number of carboxylic acid groups (broad SMARTS) is 1. The Balaban J connectivity index is 2.99. The second kappa shape index (κ2) is 4.13. The van der Waals surface area contributed by atoms with E-state index in [4.69, 9.17) is 9.84 Å². The highest BCUT2D eigenvalue weighted by Crippen LogP contribution is 2.18. The molecule has 0 bridgehead atoms. The van der Waals surface area contributed by atoms with Crippen LogP contribution in [-0.2, 0) is 6.54 Å². The van der Waals surface area contributed by atoms with Crippen LogP contribution in [0.25, 0.3) is 0 Å². The van der Waals surface area contributed by atoms with E-state index in [9.17, 15) is 4.79 Å². The summed E-state index contributed by atoms with van der Waals surface area (Å²) in [4.78, 5) is 10.8. The van der Waals surface area contributed by atoms with Gasteiger partial charge in [0.2, 0.25) is 5.69 Å². The summed E-state index contributed by atoms with van der Waals surface area (Å²) in [5.74, 6) is -0.734. The van der Waals surface area contributed by atoms with E-state index >= 15 is 0 Å². The average molecular weight is 198 g/mol. The van der Waals surface area contributed by atoms with Crippen molar-refractivity contribution in [3.63, 3.8) is 0 Å². The lowest BCUT2D eigenvalue weighted by molar-refractivity contribution is 0.0683. The number of aromatic nitrogens is 2. The molecule has 1 rings (SSSR count). The van der Waals surface area contributed by atoms with E-state index in [0.717, 1.165) is 0 Å². The highest BCUT2D eigenvalue weighted by Gasteiger charge is 2.17. The highest BCUT2D eigenvalue weighted by molar-refractivity contribution is 5.88. The molecule has 14 heavy (non-hydrogen) atoms. The Bertz CT molecular complexity index is 331. The van der Waals surface area contributed by atoms with Crippen LogP contribution in [0.2, 0.25) is 0 Å². The molecular weight excluding hydrogens is 184 g/mol. The monoisotopic (exact) mass is 198 g/mol. The molecule has 1 aromatic heterocycles. The molecule has 5 nitrogen and oxygen atoms in total. The SMILES string of the molecule is CCn1cc(OC(C)C)c(C(=O)O)n1. The van der Waals surface area contributed by atoms with Gasteiger partial charge >= 0.3 is 5.97 Å². The van der Waals surface area contributed by atoms with Crippen molar-refractivity contribution in [2.24, 2.45) is 0 Å². The molecule has 0 amide bonds. The van der Waals surface area contributed by atoms with Crippen LogP contribution in [0.4, 0.5) is 0 Å². The second-order valence-electron chi connectivity index (χ2n) is 3.17. The van der Waals surface area contributed by atoms with E-state index < -0.39 is 5.97 Å². The van der Waals surface area contributed by atoms with E-state index in [1.807, 2.05) is 20.8 Å². The van der Waals surface area contributed by atoms with Crippen LogP contribution < -0.4 is 4.74 Å². The van der Waals surface area contributed by atoms with Crippen molar-refractivity contribution in [1.82, 2.24) is 9.78 Å². The van der Waals surface area contributed by atoms with Crippen molar-refractivity contribution < 1.29 is 14.6 Å². The molecule has 0 saturated heterocycles. The molecule has 0 aliphatic rings. The van der Waals surface area contributed by atoms with Crippen molar-refractivity contribution in [2.45, 2.75) is 33.4 Å². The molecule has 0 aromatic carbocycles. The van der Waals surface area contributed by atoms with Gasteiger partial charge in [0.1, 0.15) is 0 Å². The topological polar surface area (TPSA) is 64.3 Å². The van der Waals surface area contributed by atoms with Crippen LogP contribution in [0.3, 0.4) is 0 Å². The Labute approximate surface area is 82.3 Å². The van der Waals surface area contributed by atoms with E-state index in [1.54, 1.807) is 10.9 Å². The number of aryl methyl sites for hydroxylation is 1. The molecular formula is C9H14N2O3. The Morgan fingerprint density at radius 3 is 2.79 bits per heavy atom. The van der Waals surface area contributed by atoms with E-state index in [2.05, 4.69) is 5.10 Å². The Morgan fingerprint density at radius 2 is 2.36 bits per heavy atom. The molecule has 0 spiro atoms. The van der Waals surface area contributed by atoms with Crippen molar-refractivity contribution >= 4 is 5.97 Å². The first-order valence-electron chi connectivity index (χ1n) is 4.52. The number of carbonyl (C=O) groups is 1. The number of ether oxygens (including phenoxy) is 1. The van der Waals surface area contributed by atoms with Crippen molar-refractivity contribution in [3.8, 4) is 5.75 Å². The summed E-state index contributed by atoms with van der Waals surface area (Å²) in [7, 11) is 0. The fourth-order valence-electron chi connectivity index (χ4n) is 1.05. The second-order valence-corrected chi connectivity index (χ2v) is 3.17. The number of carboxylic acids is 1. The normalized spacial score (nSPS) is 10.6. The number of aromatic carboxylic acids is 1. The van der Waals surface area contributed by atoms with Crippen LogP contribution in [0.1, 0.15) is 31.3 Å². The summed E-state index contributed by atoms with van der Waals surface area (Å²) in [5.41, 5.74) is -0.0273. The summed E-state index contributed by atoms with van der Waals surface area (Å²) in [5, 5.41) is 12.7. The zero-order valence-corrected chi connectivity index (χ0v) is 8.52. The molecule has 0 atom stereocenters. The van der Waals surface area contributed by atoms with Gasteiger partial charge in [-0.05, 0) is 20.8 Å². The quantitative estimate of drug-likeness (QED) is 0.794. The van der Waals surface area contributed by atoms with Crippen molar-refractivity contribution in [1.29, 1.82) is 0 Å². The third kappa shape index (κ3) is 2.25. The predicted octanol–water partition coefficient (Wildman–Crippen LogP) is 1.39. The summed E-state index contributed by atoms with van der Waals surface area (Å²) >= 11 is 0. The number of hydrogen-bond acceptors (Lipinski definition) is 3. The first-order chi connectivity index (χ1) is 6.54. The average Bonchev–Trinajstić information content (AvgIpc) is 2.46. The van der Waals surface area contributed by atoms with Gasteiger partial charge in [0.15, 0.2) is 5.75 Å². The third-order valence-corrected chi connectivity index (χ3v) is 1.62. The van der Waals surface area contributed by atoms with Gasteiger partial charge in [-0.1, -0.05) is 0 Å². The molecule has 5 heteroatoms. The molecule has 1 N–H and O–H groups in total. The fourth-order valence-corrected chi connectivity index (χ4v) is 1.05. The minimum Gasteiger partial charge on any atom is -0.487 e. The van der Waals surface area contributed by atoms with Gasteiger partial charge in [-0.3, -0.25) is 4.68 Å². The first kappa shape index (κ1) is 10.6. The Kier molecular flexibility index (Phi) is 3.11. The summed E-state index contributed by atoms with van der Waals surface area (Å²) < 4.78 is 6.87. The largest absolute Gasteiger partial charge is 0.487 e. The van der Waals surface area contributed by atoms with E-state index in [1.165, 1.54) is 0 Å². The lowest BCUT2D eigenvalue weighted by Crippen LogP contribution is -2.08. The fraction of sp³-hybridized carbons (Fsp3) is 0.556. The van der Waals surface area contributed by atoms with Gasteiger partial charge < -0.3 is 9.84 Å². The molecule has 0 saturated carbocycles. The summed E-state index contributed by atoms with van der Waals surface area (Å²) in [6.07, 6.45) is 1.55. The lowest BCUT2D eigenvalue weighted by Gasteiger charge is -2.06. The van der Waals surface area contributed by atoms with Crippen LogP contribution in [0.15, 0.2) is 6.20 Å². The number of hydrogen-bond donors (Lipinski definition) is 1. The molecule has 0 fully saturated rings. The van der Waals surface area contributed by atoms with Gasteiger partial charge in [0, 0.05) is 6.54 Å². The molecule has 0 radical (unpaired) electrons. The number of rotatable bonds is 4. The minimum atomic E-state index is -1.06. The molecule has 78 valence electrons. The maximum absolute atomic E-state index is 10.8. The molecule has 0 aliphatic carbocycles. The van der Waals surface area contributed by atoms with Gasteiger partial charge in [-0.25, -0.2) is 4.79 Å². The minimum absolute atomic E-state index is 0.0273. The standard InChI is InChI=1S/C9H14N2O3/c1-4-11-5-7(14-6(2)3)8(10-11)9(12)13/h5-6H,4H2,1-3H3,(H,12,13). The lowest BCUT2D eigenvalue weighted by atomic mass is 10.4. The maximum atomic E-state index is 10.8. The van der Waals surface area contributed by atoms with Crippen molar-refractivity contribution in [2.75, 3.05) is 0 Å². The summed E-state index contributed by atoms with van der Waals surface area (Å²) in [6.45, 7) is 6.20. The van der Waals surface area contributed by atoms with E-state index in [0.29, 0.717) is 12.3 Å². The Morgan fingerprint density at radius 1 is 1.71 bits per heavy atom. The van der Waals surface area contributed by atoms with Gasteiger partial charge in [0.25, 0.3) is 0 Å². The van der Waals surface area contributed by atoms with Gasteiger partial charge in [-0.2, -0.15) is 5.10 Å². The predicted molar refractivity (Wildman–Crippen MR) is 50.6 cm³/mol. The smallest absolute Gasteiger partial charge is 0.360 e. The molecule has 0 unspecified atom stereocenters. The molecule has 1 aromatic rings. The summed E-state index contributed by atoms with van der Waals surface area (Å²) in [6, 6.07) is 0. The van der Waals surface area contributed by atoms with Crippen LogP contribution in [0, 0.1) is 0 Å². The van der Waals surface area contributed by atoms with E-state index in [-0.39, 0.29) is 11.8 Å². The van der Waals surface area contributed by atoms with Crippen LogP contribution >= 0.6 is 0 Å². The third-order valence-electron chi connectivity index (χ3n) is 1.62. The van der Waals surface area contributed by atoms with Crippen LogP contribution in [-0.4, -0.2) is 27.0 Å². The van der Waals surface area contributed by atoms with Gasteiger partial charge in [0.05, 0.1) is 12.3 Å². The number of nitrogens with zero attached hydrogens (tertiary/aromatic N) is 2. The zero-order valence-electron chi connectivity index (χ0n) is 8.52. The van der Waals surface area contributed by atoms with Crippen molar-refractivity contribution in [3.05, 3.63) is 11.9 Å². The highest BCUT2D eigenvalue weighted by atomic mass is 16.5. The first-order valence-corrected chi connectivity index (χ1v) is 4.52. The van der Waals surface area contributed by atoms with Gasteiger partial charge in [-0.15, -0.1) is 0 Å². The van der Waals surface area contributed by atoms with Crippen LogP contribution in [0.5, 0.6) is 5.75 Å². The molecule has 1 heterocycles.